The second kappa shape index (κ2) is 9.76. The van der Waals surface area contributed by atoms with E-state index in [2.05, 4.69) is 10.0 Å². The van der Waals surface area contributed by atoms with E-state index < -0.39 is 22.0 Å². The third-order valence-electron chi connectivity index (χ3n) is 4.90. The molecular formula is C24H26N2O4S. The number of sulfonamides is 1. The van der Waals surface area contributed by atoms with Gasteiger partial charge in [0.25, 0.3) is 10.0 Å². The van der Waals surface area contributed by atoms with Crippen molar-refractivity contribution in [3.63, 3.8) is 0 Å². The summed E-state index contributed by atoms with van der Waals surface area (Å²) in [7, 11) is -2.46. The Bertz CT molecular complexity index is 1140. The number of rotatable bonds is 8. The summed E-state index contributed by atoms with van der Waals surface area (Å²) in [5, 5.41) is 3.19. The van der Waals surface area contributed by atoms with E-state index in [9.17, 15) is 13.2 Å². The highest BCUT2D eigenvalue weighted by Gasteiger charge is 2.22. The summed E-state index contributed by atoms with van der Waals surface area (Å²) in [6.07, 6.45) is 0. The minimum atomic E-state index is -3.79. The molecule has 0 saturated heterocycles. The number of hydrogen-bond acceptors (Lipinski definition) is 5. The zero-order valence-electron chi connectivity index (χ0n) is 17.8. The number of benzene rings is 3. The predicted octanol–water partition coefficient (Wildman–Crippen LogP) is 3.96. The molecule has 7 heteroatoms. The van der Waals surface area contributed by atoms with Gasteiger partial charge in [0.15, 0.2) is 0 Å². The SMILES string of the molecule is COC(=O)CN[C@H](c1ccccc1)c1cc(C)ccc1NS(=O)(=O)c1ccc(C)cc1. The monoisotopic (exact) mass is 438 g/mol. The number of esters is 1. The first-order valence-corrected chi connectivity index (χ1v) is 11.3. The molecule has 0 fully saturated rings. The van der Waals surface area contributed by atoms with Gasteiger partial charge >= 0.3 is 5.97 Å². The lowest BCUT2D eigenvalue weighted by molar-refractivity contribution is -0.139. The topological polar surface area (TPSA) is 84.5 Å². The summed E-state index contributed by atoms with van der Waals surface area (Å²) in [4.78, 5) is 12.0. The molecule has 0 amide bonds. The van der Waals surface area contributed by atoms with Crippen molar-refractivity contribution >= 4 is 21.7 Å². The molecule has 3 aromatic rings. The minimum Gasteiger partial charge on any atom is -0.468 e. The van der Waals surface area contributed by atoms with E-state index in [-0.39, 0.29) is 11.4 Å². The van der Waals surface area contributed by atoms with Crippen molar-refractivity contribution in [2.75, 3.05) is 18.4 Å². The summed E-state index contributed by atoms with van der Waals surface area (Å²) in [6.45, 7) is 3.82. The number of carbonyl (C=O) groups is 1. The fraction of sp³-hybridized carbons (Fsp3) is 0.208. The number of hydrogen-bond donors (Lipinski definition) is 2. The summed E-state index contributed by atoms with van der Waals surface area (Å²) >= 11 is 0. The first-order chi connectivity index (χ1) is 14.8. The highest BCUT2D eigenvalue weighted by atomic mass is 32.2. The van der Waals surface area contributed by atoms with Crippen LogP contribution in [0.1, 0.15) is 28.3 Å². The minimum absolute atomic E-state index is 0.0197. The number of anilines is 1. The number of methoxy groups -OCH3 is 1. The number of carbonyl (C=O) groups excluding carboxylic acids is 1. The van der Waals surface area contributed by atoms with E-state index >= 15 is 0 Å². The van der Waals surface area contributed by atoms with Crippen LogP contribution in [0, 0.1) is 13.8 Å². The van der Waals surface area contributed by atoms with Crippen molar-refractivity contribution in [2.24, 2.45) is 0 Å². The Morgan fingerprint density at radius 2 is 1.58 bits per heavy atom. The van der Waals surface area contributed by atoms with Crippen molar-refractivity contribution in [3.8, 4) is 0 Å². The first kappa shape index (κ1) is 22.5. The predicted molar refractivity (Wildman–Crippen MR) is 121 cm³/mol. The van der Waals surface area contributed by atoms with Crippen LogP contribution >= 0.6 is 0 Å². The standard InChI is InChI=1S/C24H26N2O4S/c1-17-9-12-20(13-10-17)31(28,29)26-22-14-11-18(2)15-21(22)24(25-16-23(27)30-3)19-7-5-4-6-8-19/h4-15,24-26H,16H2,1-3H3/t24-/m1/s1. The van der Waals surface area contributed by atoms with Crippen LogP contribution in [0.5, 0.6) is 0 Å². The normalized spacial score (nSPS) is 12.2. The average Bonchev–Trinajstić information content (AvgIpc) is 2.76. The third kappa shape index (κ3) is 5.71. The van der Waals surface area contributed by atoms with Gasteiger partial charge in [0, 0.05) is 0 Å². The average molecular weight is 439 g/mol. The van der Waals surface area contributed by atoms with Crippen LogP contribution in [0.4, 0.5) is 5.69 Å². The van der Waals surface area contributed by atoms with Gasteiger partial charge in [0.1, 0.15) is 0 Å². The maximum atomic E-state index is 13.0. The van der Waals surface area contributed by atoms with E-state index in [1.54, 1.807) is 30.3 Å². The molecule has 1 atom stereocenters. The lowest BCUT2D eigenvalue weighted by Gasteiger charge is -2.23. The smallest absolute Gasteiger partial charge is 0.319 e. The molecule has 0 radical (unpaired) electrons. The van der Waals surface area contributed by atoms with Crippen molar-refractivity contribution < 1.29 is 17.9 Å². The van der Waals surface area contributed by atoms with Crippen LogP contribution in [0.2, 0.25) is 0 Å². The maximum Gasteiger partial charge on any atom is 0.319 e. The van der Waals surface area contributed by atoms with Gasteiger partial charge in [0.2, 0.25) is 0 Å². The van der Waals surface area contributed by atoms with E-state index in [0.29, 0.717) is 11.3 Å². The van der Waals surface area contributed by atoms with Gasteiger partial charge in [-0.2, -0.15) is 0 Å². The van der Waals surface area contributed by atoms with Crippen molar-refractivity contribution in [3.05, 3.63) is 95.1 Å². The molecule has 0 aromatic heterocycles. The number of ether oxygens (including phenoxy) is 1. The van der Waals surface area contributed by atoms with Crippen LogP contribution in [-0.4, -0.2) is 28.0 Å². The molecule has 0 spiro atoms. The highest BCUT2D eigenvalue weighted by molar-refractivity contribution is 7.92. The lowest BCUT2D eigenvalue weighted by Crippen LogP contribution is -2.30. The van der Waals surface area contributed by atoms with Gasteiger partial charge in [-0.1, -0.05) is 65.7 Å². The highest BCUT2D eigenvalue weighted by Crippen LogP contribution is 2.31. The van der Waals surface area contributed by atoms with Gasteiger partial charge in [-0.15, -0.1) is 0 Å². The molecule has 0 aliphatic heterocycles. The first-order valence-electron chi connectivity index (χ1n) is 9.85. The van der Waals surface area contributed by atoms with Crippen LogP contribution in [-0.2, 0) is 19.6 Å². The van der Waals surface area contributed by atoms with E-state index in [1.165, 1.54) is 7.11 Å². The van der Waals surface area contributed by atoms with E-state index in [4.69, 9.17) is 4.74 Å². The summed E-state index contributed by atoms with van der Waals surface area (Å²) in [5.74, 6) is -0.407. The lowest BCUT2D eigenvalue weighted by atomic mass is 9.96. The molecule has 3 rings (SSSR count). The quantitative estimate of drug-likeness (QED) is 0.520. The molecule has 0 saturated carbocycles. The Balaban J connectivity index is 2.03. The Labute approximate surface area is 183 Å². The van der Waals surface area contributed by atoms with E-state index in [1.807, 2.05) is 56.3 Å². The van der Waals surface area contributed by atoms with Gasteiger partial charge in [0.05, 0.1) is 30.3 Å². The summed E-state index contributed by atoms with van der Waals surface area (Å²) in [5.41, 5.74) is 4.00. The Morgan fingerprint density at radius 1 is 0.935 bits per heavy atom. The van der Waals surface area contributed by atoms with Gasteiger partial charge < -0.3 is 4.74 Å². The van der Waals surface area contributed by atoms with Crippen LogP contribution in [0.15, 0.2) is 77.7 Å². The third-order valence-corrected chi connectivity index (χ3v) is 6.29. The molecule has 31 heavy (non-hydrogen) atoms. The van der Waals surface area contributed by atoms with Crippen LogP contribution in [0.25, 0.3) is 0 Å². The van der Waals surface area contributed by atoms with Crippen molar-refractivity contribution in [2.45, 2.75) is 24.8 Å². The second-order valence-electron chi connectivity index (χ2n) is 7.31. The second-order valence-corrected chi connectivity index (χ2v) is 8.99. The molecule has 0 heterocycles. The Morgan fingerprint density at radius 3 is 2.23 bits per heavy atom. The Hall–Kier alpha value is -3.16. The molecule has 162 valence electrons. The molecule has 0 aliphatic carbocycles. The molecule has 6 nitrogen and oxygen atoms in total. The Kier molecular flexibility index (Phi) is 7.09. The van der Waals surface area contributed by atoms with Crippen LogP contribution < -0.4 is 10.0 Å². The van der Waals surface area contributed by atoms with E-state index in [0.717, 1.165) is 16.7 Å². The zero-order valence-corrected chi connectivity index (χ0v) is 18.6. The van der Waals surface area contributed by atoms with Crippen LogP contribution in [0.3, 0.4) is 0 Å². The van der Waals surface area contributed by atoms with Gasteiger partial charge in [-0.25, -0.2) is 8.42 Å². The summed E-state index contributed by atoms with van der Waals surface area (Å²) < 4.78 is 33.5. The fourth-order valence-corrected chi connectivity index (χ4v) is 4.33. The van der Waals surface area contributed by atoms with Crippen molar-refractivity contribution in [1.82, 2.24) is 5.32 Å². The fourth-order valence-electron chi connectivity index (χ4n) is 3.25. The summed E-state index contributed by atoms with van der Waals surface area (Å²) in [6, 6.07) is 21.3. The molecular weight excluding hydrogens is 412 g/mol. The number of nitrogens with one attached hydrogen (secondary N) is 2. The zero-order chi connectivity index (χ0) is 22.4. The van der Waals surface area contributed by atoms with Gasteiger partial charge in [-0.05, 0) is 43.2 Å². The van der Waals surface area contributed by atoms with Crippen molar-refractivity contribution in [1.29, 1.82) is 0 Å². The molecule has 0 bridgehead atoms. The van der Waals surface area contributed by atoms with Gasteiger partial charge in [-0.3, -0.25) is 14.8 Å². The molecule has 0 aliphatic rings. The maximum absolute atomic E-state index is 13.0. The molecule has 3 aromatic carbocycles. The largest absolute Gasteiger partial charge is 0.468 e. The number of aryl methyl sites for hydroxylation is 2. The molecule has 0 unspecified atom stereocenters. The molecule has 2 N–H and O–H groups in total.